The largest absolute Gasteiger partial charge is 0.489 e. The van der Waals surface area contributed by atoms with Gasteiger partial charge in [-0.1, -0.05) is 28.9 Å². The van der Waals surface area contributed by atoms with Crippen LogP contribution in [0.4, 0.5) is 4.39 Å². The summed E-state index contributed by atoms with van der Waals surface area (Å²) in [4.78, 5) is 27.1. The van der Waals surface area contributed by atoms with E-state index in [2.05, 4.69) is 20.9 Å². The summed E-state index contributed by atoms with van der Waals surface area (Å²) in [5.74, 6) is -0.300. The average Bonchev–Trinajstić information content (AvgIpc) is 3.63. The van der Waals surface area contributed by atoms with E-state index in [4.69, 9.17) is 21.1 Å². The number of hydrogen-bond acceptors (Lipinski definition) is 7. The van der Waals surface area contributed by atoms with Crippen molar-refractivity contribution in [3.8, 4) is 21.9 Å². The summed E-state index contributed by atoms with van der Waals surface area (Å²) in [7, 11) is 0. The van der Waals surface area contributed by atoms with Gasteiger partial charge in [0.15, 0.2) is 5.69 Å². The molecule has 0 bridgehead atoms. The first-order chi connectivity index (χ1) is 19.0. The quantitative estimate of drug-likeness (QED) is 0.225. The molecule has 0 spiro atoms. The molecular weight excluding hydrogens is 545 g/mol. The minimum atomic E-state index is -0.586. The van der Waals surface area contributed by atoms with E-state index in [0.717, 1.165) is 15.3 Å². The summed E-state index contributed by atoms with van der Waals surface area (Å²) >= 11 is 7.54. The van der Waals surface area contributed by atoms with Crippen molar-refractivity contribution in [2.45, 2.75) is 13.5 Å². The maximum absolute atomic E-state index is 12.8. The van der Waals surface area contributed by atoms with Crippen molar-refractivity contribution < 1.29 is 23.5 Å². The van der Waals surface area contributed by atoms with Crippen LogP contribution < -0.4 is 15.4 Å². The first-order valence-electron chi connectivity index (χ1n) is 12.2. The number of ether oxygens (including phenoxy) is 2. The molecule has 39 heavy (non-hydrogen) atoms. The lowest BCUT2D eigenvalue weighted by atomic mass is 10.1. The average molecular weight is 572 g/mol. The molecule has 2 amide bonds. The number of amides is 2. The van der Waals surface area contributed by atoms with Crippen molar-refractivity contribution in [1.29, 1.82) is 0 Å². The van der Waals surface area contributed by atoms with Crippen LogP contribution in [0.15, 0.2) is 60.8 Å². The van der Waals surface area contributed by atoms with Crippen molar-refractivity contribution in [2.24, 2.45) is 0 Å². The van der Waals surface area contributed by atoms with Crippen LogP contribution >= 0.6 is 22.9 Å². The Morgan fingerprint density at radius 1 is 1.03 bits per heavy atom. The monoisotopic (exact) mass is 571 g/mol. The second-order valence-corrected chi connectivity index (χ2v) is 9.80. The fourth-order valence-electron chi connectivity index (χ4n) is 3.58. The lowest BCUT2D eigenvalue weighted by molar-refractivity contribution is 0.0894. The van der Waals surface area contributed by atoms with E-state index in [1.807, 2.05) is 43.3 Å². The minimum Gasteiger partial charge on any atom is -0.489 e. The van der Waals surface area contributed by atoms with Crippen LogP contribution in [0.25, 0.3) is 16.1 Å². The van der Waals surface area contributed by atoms with Crippen LogP contribution in [0.1, 0.15) is 32.6 Å². The van der Waals surface area contributed by atoms with Crippen molar-refractivity contribution in [2.75, 3.05) is 33.0 Å². The van der Waals surface area contributed by atoms with E-state index in [9.17, 15) is 14.0 Å². The normalized spacial score (nSPS) is 10.8. The molecule has 0 fully saturated rings. The molecule has 0 unspecified atom stereocenters. The molecule has 0 radical (unpaired) electrons. The van der Waals surface area contributed by atoms with E-state index in [0.29, 0.717) is 35.1 Å². The predicted octanol–water partition coefficient (Wildman–Crippen LogP) is 4.69. The molecule has 4 rings (SSSR count). The number of nitrogens with one attached hydrogen (secondary N) is 2. The molecule has 4 aromatic rings. The third-order valence-corrected chi connectivity index (χ3v) is 6.84. The Labute approximate surface area is 233 Å². The van der Waals surface area contributed by atoms with Crippen molar-refractivity contribution >= 4 is 34.8 Å². The van der Waals surface area contributed by atoms with Gasteiger partial charge in [0.25, 0.3) is 11.8 Å². The molecule has 2 aromatic carbocycles. The van der Waals surface area contributed by atoms with Gasteiger partial charge < -0.3 is 20.1 Å². The molecule has 2 N–H and O–H groups in total. The number of thiophene rings is 1. The maximum Gasteiger partial charge on any atom is 0.273 e. The van der Waals surface area contributed by atoms with E-state index in [1.54, 1.807) is 29.5 Å². The van der Waals surface area contributed by atoms with Gasteiger partial charge in [0, 0.05) is 26.9 Å². The van der Waals surface area contributed by atoms with Crippen LogP contribution in [-0.4, -0.2) is 59.8 Å². The number of halogens is 2. The van der Waals surface area contributed by atoms with Crippen LogP contribution in [0.3, 0.4) is 0 Å². The van der Waals surface area contributed by atoms with E-state index >= 15 is 0 Å². The molecule has 0 aliphatic heterocycles. The number of benzene rings is 2. The highest BCUT2D eigenvalue weighted by Crippen LogP contribution is 2.29. The number of aromatic nitrogens is 3. The second-order valence-electron chi connectivity index (χ2n) is 8.20. The Morgan fingerprint density at radius 2 is 1.85 bits per heavy atom. The van der Waals surface area contributed by atoms with Crippen molar-refractivity contribution in [3.63, 3.8) is 0 Å². The third-order valence-electron chi connectivity index (χ3n) is 5.45. The number of nitrogens with zero attached hydrogens (tertiary/aromatic N) is 3. The van der Waals surface area contributed by atoms with Gasteiger partial charge in [-0.3, -0.25) is 9.59 Å². The van der Waals surface area contributed by atoms with E-state index in [-0.39, 0.29) is 37.3 Å². The van der Waals surface area contributed by atoms with Crippen LogP contribution in [0.2, 0.25) is 5.02 Å². The van der Waals surface area contributed by atoms with Crippen molar-refractivity contribution in [3.05, 3.63) is 82.0 Å². The molecule has 9 nitrogen and oxygen atoms in total. The van der Waals surface area contributed by atoms with Gasteiger partial charge in [-0.15, -0.1) is 16.4 Å². The molecule has 0 aliphatic rings. The fourth-order valence-corrected chi connectivity index (χ4v) is 4.65. The zero-order valence-corrected chi connectivity index (χ0v) is 22.7. The zero-order chi connectivity index (χ0) is 27.6. The van der Waals surface area contributed by atoms with Gasteiger partial charge in [0.05, 0.1) is 26.0 Å². The number of hydrogen-bond donors (Lipinski definition) is 2. The topological polar surface area (TPSA) is 107 Å². The molecule has 0 saturated heterocycles. The smallest absolute Gasteiger partial charge is 0.273 e. The lowest BCUT2D eigenvalue weighted by Gasteiger charge is -2.13. The zero-order valence-electron chi connectivity index (χ0n) is 21.2. The first kappa shape index (κ1) is 28.2. The van der Waals surface area contributed by atoms with Gasteiger partial charge in [0.2, 0.25) is 0 Å². The van der Waals surface area contributed by atoms with Crippen LogP contribution in [-0.2, 0) is 11.3 Å². The molecule has 0 saturated carbocycles. The second kappa shape index (κ2) is 13.8. The minimum absolute atomic E-state index is 0.0232. The summed E-state index contributed by atoms with van der Waals surface area (Å²) < 4.78 is 24.6. The summed E-state index contributed by atoms with van der Waals surface area (Å²) in [5, 5.41) is 14.4. The molecule has 2 heterocycles. The predicted molar refractivity (Wildman–Crippen MR) is 148 cm³/mol. The van der Waals surface area contributed by atoms with Crippen molar-refractivity contribution in [1.82, 2.24) is 25.6 Å². The fraction of sp³-hybridized carbons (Fsp3) is 0.259. The Kier molecular flexibility index (Phi) is 10.0. The Hall–Kier alpha value is -3.80. The van der Waals surface area contributed by atoms with Gasteiger partial charge in [-0.2, -0.15) is 0 Å². The number of carbonyl (C=O) groups excluding carboxylic acids is 2. The summed E-state index contributed by atoms with van der Waals surface area (Å²) in [6.07, 6.45) is 1.48. The number of alkyl halides is 1. The van der Waals surface area contributed by atoms with Gasteiger partial charge in [-0.05, 0) is 55.0 Å². The Morgan fingerprint density at radius 3 is 2.62 bits per heavy atom. The standard InChI is InChI=1S/C27H27ClFN5O4S/c1-2-30-26(35)19-5-9-23(24(15-19)38-14-13-37-12-11-29)34-17-22(32-33-34)27(36)31-16-21-8-10-25(39-21)18-3-6-20(28)7-4-18/h3-10,15,17H,2,11-14,16H2,1H3,(H,30,35)(H,31,36). The highest BCUT2D eigenvalue weighted by Gasteiger charge is 2.16. The lowest BCUT2D eigenvalue weighted by Crippen LogP contribution is -2.23. The molecule has 204 valence electrons. The van der Waals surface area contributed by atoms with Crippen LogP contribution in [0, 0.1) is 0 Å². The third kappa shape index (κ3) is 7.62. The Bertz CT molecular complexity index is 1410. The van der Waals surface area contributed by atoms with Gasteiger partial charge in [-0.25, -0.2) is 9.07 Å². The highest BCUT2D eigenvalue weighted by molar-refractivity contribution is 7.15. The molecule has 0 atom stereocenters. The first-order valence-corrected chi connectivity index (χ1v) is 13.4. The van der Waals surface area contributed by atoms with E-state index < -0.39 is 6.67 Å². The van der Waals surface area contributed by atoms with Gasteiger partial charge >= 0.3 is 0 Å². The van der Waals surface area contributed by atoms with Gasteiger partial charge in [0.1, 0.15) is 24.7 Å². The highest BCUT2D eigenvalue weighted by atomic mass is 35.5. The maximum atomic E-state index is 12.8. The SMILES string of the molecule is CCNC(=O)c1ccc(-n2cc(C(=O)NCc3ccc(-c4ccc(Cl)cc4)s3)nn2)c(OCCOCCF)c1. The van der Waals surface area contributed by atoms with Crippen LogP contribution in [0.5, 0.6) is 5.75 Å². The Balaban J connectivity index is 1.43. The molecular formula is C27H27ClFN5O4S. The van der Waals surface area contributed by atoms with E-state index in [1.165, 1.54) is 10.9 Å². The summed E-state index contributed by atoms with van der Waals surface area (Å²) in [6.45, 7) is 2.32. The summed E-state index contributed by atoms with van der Waals surface area (Å²) in [5.41, 5.74) is 2.04. The molecule has 0 aliphatic carbocycles. The number of rotatable bonds is 13. The number of carbonyl (C=O) groups is 2. The summed E-state index contributed by atoms with van der Waals surface area (Å²) in [6, 6.07) is 16.4. The molecule has 12 heteroatoms. The molecule has 2 aromatic heterocycles.